The summed E-state index contributed by atoms with van der Waals surface area (Å²) in [6.45, 7) is 1.60. The zero-order chi connectivity index (χ0) is 18.3. The van der Waals surface area contributed by atoms with Crippen molar-refractivity contribution in [3.63, 3.8) is 0 Å². The van der Waals surface area contributed by atoms with Gasteiger partial charge in [-0.05, 0) is 47.7 Å². The molecule has 4 rings (SSSR count). The van der Waals surface area contributed by atoms with E-state index < -0.39 is 11.2 Å². The zero-order valence-corrected chi connectivity index (χ0v) is 14.2. The van der Waals surface area contributed by atoms with Crippen molar-refractivity contribution in [1.29, 1.82) is 0 Å². The molecule has 0 bridgehead atoms. The third-order valence-electron chi connectivity index (χ3n) is 4.67. The van der Waals surface area contributed by atoms with Crippen LogP contribution >= 0.6 is 0 Å². The van der Waals surface area contributed by atoms with Crippen LogP contribution < -0.4 is 16.6 Å². The summed E-state index contributed by atoms with van der Waals surface area (Å²) in [6.07, 6.45) is 0.739. The highest BCUT2D eigenvalue weighted by molar-refractivity contribution is 5.93. The first kappa shape index (κ1) is 16.1. The van der Waals surface area contributed by atoms with Crippen molar-refractivity contribution in [2.45, 2.75) is 19.8 Å². The lowest BCUT2D eigenvalue weighted by molar-refractivity contribution is -0.115. The Kier molecular flexibility index (Phi) is 3.80. The van der Waals surface area contributed by atoms with Crippen LogP contribution in [0.25, 0.3) is 11.1 Å². The number of aryl methyl sites for hydroxylation is 1. The number of carbonyl (C=O) groups is 1. The number of nitrogens with one attached hydrogen (secondary N) is 3. The molecule has 0 spiro atoms. The molecule has 1 aromatic heterocycles. The minimum atomic E-state index is -0.574. The number of benzene rings is 2. The SMILES string of the molecule is Cc1[nH]c(=O)[nH]c(=O)c1CC(=O)Nc1ccc2c(c1)Cc1ccccc1-2. The van der Waals surface area contributed by atoms with Gasteiger partial charge in [-0.25, -0.2) is 4.79 Å². The summed E-state index contributed by atoms with van der Waals surface area (Å²) >= 11 is 0. The quantitative estimate of drug-likeness (QED) is 0.530. The Morgan fingerprint density at radius 2 is 1.81 bits per heavy atom. The predicted molar refractivity (Wildman–Crippen MR) is 99.4 cm³/mol. The molecule has 0 atom stereocenters. The van der Waals surface area contributed by atoms with Crippen LogP contribution in [0.5, 0.6) is 0 Å². The van der Waals surface area contributed by atoms with Gasteiger partial charge in [0.2, 0.25) is 5.91 Å². The third kappa shape index (κ3) is 2.86. The molecule has 6 nitrogen and oxygen atoms in total. The number of aromatic amines is 2. The molecule has 0 unspecified atom stereocenters. The number of hydrogen-bond donors (Lipinski definition) is 3. The molecule has 1 aliphatic rings. The highest BCUT2D eigenvalue weighted by atomic mass is 16.2. The van der Waals surface area contributed by atoms with Gasteiger partial charge in [-0.3, -0.25) is 14.6 Å². The van der Waals surface area contributed by atoms with Gasteiger partial charge in [-0.1, -0.05) is 30.3 Å². The molecule has 6 heteroatoms. The van der Waals surface area contributed by atoms with Crippen LogP contribution in [0.3, 0.4) is 0 Å². The molecule has 130 valence electrons. The molecule has 3 N–H and O–H groups in total. The van der Waals surface area contributed by atoms with Gasteiger partial charge in [0.25, 0.3) is 5.56 Å². The van der Waals surface area contributed by atoms with E-state index >= 15 is 0 Å². The Labute approximate surface area is 148 Å². The van der Waals surface area contributed by atoms with E-state index in [1.165, 1.54) is 22.3 Å². The Hall–Kier alpha value is -3.41. The molecule has 0 saturated heterocycles. The lowest BCUT2D eigenvalue weighted by Crippen LogP contribution is -2.29. The summed E-state index contributed by atoms with van der Waals surface area (Å²) < 4.78 is 0. The molecular formula is C20H17N3O3. The smallest absolute Gasteiger partial charge is 0.325 e. The molecule has 1 amide bonds. The van der Waals surface area contributed by atoms with Crippen LogP contribution in [0.1, 0.15) is 22.4 Å². The summed E-state index contributed by atoms with van der Waals surface area (Å²) in [6, 6.07) is 14.1. The summed E-state index contributed by atoms with van der Waals surface area (Å²) in [5.41, 5.74) is 5.11. The van der Waals surface area contributed by atoms with E-state index in [0.29, 0.717) is 11.4 Å². The van der Waals surface area contributed by atoms with E-state index in [4.69, 9.17) is 0 Å². The monoisotopic (exact) mass is 347 g/mol. The van der Waals surface area contributed by atoms with E-state index in [0.717, 1.165) is 6.42 Å². The second-order valence-corrected chi connectivity index (χ2v) is 6.44. The number of aromatic nitrogens is 2. The lowest BCUT2D eigenvalue weighted by atomic mass is 10.1. The summed E-state index contributed by atoms with van der Waals surface area (Å²) in [4.78, 5) is 40.1. The Morgan fingerprint density at radius 3 is 2.62 bits per heavy atom. The van der Waals surface area contributed by atoms with Crippen molar-refractivity contribution in [1.82, 2.24) is 9.97 Å². The molecule has 2 aromatic carbocycles. The predicted octanol–water partition coefficient (Wildman–Crippen LogP) is 2.12. The molecule has 1 aliphatic carbocycles. The third-order valence-corrected chi connectivity index (χ3v) is 4.67. The second-order valence-electron chi connectivity index (χ2n) is 6.44. The molecule has 1 heterocycles. The second kappa shape index (κ2) is 6.15. The van der Waals surface area contributed by atoms with E-state index in [-0.39, 0.29) is 17.9 Å². The van der Waals surface area contributed by atoms with Crippen molar-refractivity contribution in [3.8, 4) is 11.1 Å². The fourth-order valence-electron chi connectivity index (χ4n) is 3.43. The molecule has 3 aromatic rings. The van der Waals surface area contributed by atoms with Crippen molar-refractivity contribution < 1.29 is 4.79 Å². The van der Waals surface area contributed by atoms with Crippen LogP contribution in [0, 0.1) is 6.92 Å². The summed E-state index contributed by atoms with van der Waals surface area (Å²) in [7, 11) is 0. The highest BCUT2D eigenvalue weighted by Gasteiger charge is 2.18. The minimum absolute atomic E-state index is 0.102. The van der Waals surface area contributed by atoms with Gasteiger partial charge in [-0.2, -0.15) is 0 Å². The number of H-pyrrole nitrogens is 2. The molecule has 0 saturated carbocycles. The van der Waals surface area contributed by atoms with Crippen molar-refractivity contribution in [3.05, 3.63) is 85.7 Å². The van der Waals surface area contributed by atoms with Gasteiger partial charge in [0.05, 0.1) is 6.42 Å². The number of rotatable bonds is 3. The van der Waals surface area contributed by atoms with Gasteiger partial charge in [0.15, 0.2) is 0 Å². The van der Waals surface area contributed by atoms with Crippen molar-refractivity contribution in [2.75, 3.05) is 5.32 Å². The first-order chi connectivity index (χ1) is 12.5. The molecule has 0 radical (unpaired) electrons. The van der Waals surface area contributed by atoms with Gasteiger partial charge in [0.1, 0.15) is 0 Å². The maximum atomic E-state index is 12.3. The highest BCUT2D eigenvalue weighted by Crippen LogP contribution is 2.37. The fraction of sp³-hybridized carbons (Fsp3) is 0.150. The fourth-order valence-corrected chi connectivity index (χ4v) is 3.43. The average Bonchev–Trinajstić information content (AvgIpc) is 2.95. The average molecular weight is 347 g/mol. The zero-order valence-electron chi connectivity index (χ0n) is 14.2. The maximum absolute atomic E-state index is 12.3. The van der Waals surface area contributed by atoms with Crippen LogP contribution in [0.4, 0.5) is 5.69 Å². The van der Waals surface area contributed by atoms with Crippen LogP contribution in [-0.4, -0.2) is 15.9 Å². The first-order valence-corrected chi connectivity index (χ1v) is 8.34. The normalized spacial score (nSPS) is 11.7. The van der Waals surface area contributed by atoms with Crippen molar-refractivity contribution >= 4 is 11.6 Å². The molecule has 0 aliphatic heterocycles. The molecule has 26 heavy (non-hydrogen) atoms. The Balaban J connectivity index is 1.54. The summed E-state index contributed by atoms with van der Waals surface area (Å²) in [5, 5.41) is 2.83. The largest absolute Gasteiger partial charge is 0.326 e. The maximum Gasteiger partial charge on any atom is 0.325 e. The number of fused-ring (bicyclic) bond motifs is 3. The minimum Gasteiger partial charge on any atom is -0.326 e. The first-order valence-electron chi connectivity index (χ1n) is 8.34. The summed E-state index contributed by atoms with van der Waals surface area (Å²) in [5.74, 6) is -0.305. The van der Waals surface area contributed by atoms with E-state index in [1.807, 2.05) is 30.3 Å². The number of amides is 1. The van der Waals surface area contributed by atoms with E-state index in [1.54, 1.807) is 6.92 Å². The lowest BCUT2D eigenvalue weighted by Gasteiger charge is -2.08. The van der Waals surface area contributed by atoms with Crippen molar-refractivity contribution in [2.24, 2.45) is 0 Å². The molecular weight excluding hydrogens is 330 g/mol. The number of hydrogen-bond acceptors (Lipinski definition) is 3. The Morgan fingerprint density at radius 1 is 1.04 bits per heavy atom. The van der Waals surface area contributed by atoms with Gasteiger partial charge < -0.3 is 10.3 Å². The van der Waals surface area contributed by atoms with Crippen LogP contribution in [0.15, 0.2) is 52.1 Å². The standard InChI is InChI=1S/C20H17N3O3/c1-11-17(19(25)23-20(26)21-11)10-18(24)22-14-6-7-16-13(9-14)8-12-4-2-3-5-15(12)16/h2-7,9H,8,10H2,1H3,(H,22,24)(H2,21,23,25,26). The number of anilines is 1. The Bertz CT molecular complexity index is 1140. The van der Waals surface area contributed by atoms with Crippen LogP contribution in [-0.2, 0) is 17.6 Å². The van der Waals surface area contributed by atoms with E-state index in [2.05, 4.69) is 27.4 Å². The van der Waals surface area contributed by atoms with Gasteiger partial charge in [-0.15, -0.1) is 0 Å². The van der Waals surface area contributed by atoms with Gasteiger partial charge >= 0.3 is 5.69 Å². The number of carbonyl (C=O) groups excluding carboxylic acids is 1. The van der Waals surface area contributed by atoms with Crippen LogP contribution in [0.2, 0.25) is 0 Å². The topological polar surface area (TPSA) is 94.8 Å². The van der Waals surface area contributed by atoms with Gasteiger partial charge in [0, 0.05) is 16.9 Å². The van der Waals surface area contributed by atoms with E-state index in [9.17, 15) is 14.4 Å². The molecule has 0 fully saturated rings.